The molecule has 0 N–H and O–H groups in total. The summed E-state index contributed by atoms with van der Waals surface area (Å²) in [6.45, 7) is 4.48. The molecule has 1 aromatic carbocycles. The molecule has 116 valence electrons. The summed E-state index contributed by atoms with van der Waals surface area (Å²) in [7, 11) is -3.73. The van der Waals surface area contributed by atoms with Gasteiger partial charge in [0, 0.05) is 19.2 Å². The van der Waals surface area contributed by atoms with E-state index in [9.17, 15) is 18.5 Å². The number of nitrogens with zero attached hydrogens (tertiary/aromatic N) is 2. The van der Waals surface area contributed by atoms with Crippen LogP contribution in [0.1, 0.15) is 25.3 Å². The standard InChI is InChI=1S/C13H17ClN2O4S/c1-9-4-3-5-15(8-9)21(19,20)13-7-12(16(17)18)11(14)6-10(13)2/h6-7,9H,3-5,8H2,1-2H3. The zero-order valence-electron chi connectivity index (χ0n) is 11.9. The second-order valence-corrected chi connectivity index (χ2v) is 7.75. The van der Waals surface area contributed by atoms with E-state index in [2.05, 4.69) is 0 Å². The van der Waals surface area contributed by atoms with E-state index in [1.165, 1.54) is 10.4 Å². The van der Waals surface area contributed by atoms with Gasteiger partial charge in [-0.15, -0.1) is 0 Å². The fraction of sp³-hybridized carbons (Fsp3) is 0.538. The van der Waals surface area contributed by atoms with E-state index in [4.69, 9.17) is 11.6 Å². The highest BCUT2D eigenvalue weighted by Gasteiger charge is 2.31. The van der Waals surface area contributed by atoms with Crippen molar-refractivity contribution >= 4 is 27.3 Å². The maximum absolute atomic E-state index is 12.7. The van der Waals surface area contributed by atoms with Crippen molar-refractivity contribution in [2.45, 2.75) is 31.6 Å². The van der Waals surface area contributed by atoms with Crippen LogP contribution in [0.15, 0.2) is 17.0 Å². The average molecular weight is 333 g/mol. The van der Waals surface area contributed by atoms with Crippen LogP contribution in [0.5, 0.6) is 0 Å². The number of benzene rings is 1. The number of aryl methyl sites for hydroxylation is 1. The van der Waals surface area contributed by atoms with Crippen molar-refractivity contribution in [3.8, 4) is 0 Å². The van der Waals surface area contributed by atoms with E-state index in [0.717, 1.165) is 18.9 Å². The molecule has 0 saturated carbocycles. The average Bonchev–Trinajstić information content (AvgIpc) is 2.37. The van der Waals surface area contributed by atoms with Crippen molar-refractivity contribution in [1.82, 2.24) is 4.31 Å². The molecule has 1 heterocycles. The van der Waals surface area contributed by atoms with Crippen molar-refractivity contribution < 1.29 is 13.3 Å². The third-order valence-corrected chi connectivity index (χ3v) is 5.99. The maximum atomic E-state index is 12.7. The number of halogens is 1. The van der Waals surface area contributed by atoms with E-state index in [-0.39, 0.29) is 21.5 Å². The summed E-state index contributed by atoms with van der Waals surface area (Å²) >= 11 is 5.81. The van der Waals surface area contributed by atoms with Gasteiger partial charge in [-0.1, -0.05) is 18.5 Å². The van der Waals surface area contributed by atoms with E-state index < -0.39 is 14.9 Å². The summed E-state index contributed by atoms with van der Waals surface area (Å²) in [5.74, 6) is 0.288. The zero-order valence-corrected chi connectivity index (χ0v) is 13.4. The Labute approximate surface area is 128 Å². The smallest absolute Gasteiger partial charge is 0.258 e. The fourth-order valence-corrected chi connectivity index (χ4v) is 4.68. The lowest BCUT2D eigenvalue weighted by atomic mass is 10.0. The Hall–Kier alpha value is -1.18. The molecule has 1 atom stereocenters. The largest absolute Gasteiger partial charge is 0.289 e. The molecular weight excluding hydrogens is 316 g/mol. The Bertz CT molecular complexity index is 675. The van der Waals surface area contributed by atoms with Crippen LogP contribution in [-0.2, 0) is 10.0 Å². The van der Waals surface area contributed by atoms with Crippen LogP contribution >= 0.6 is 11.6 Å². The van der Waals surface area contributed by atoms with Crippen molar-refractivity contribution in [3.63, 3.8) is 0 Å². The number of piperidine rings is 1. The quantitative estimate of drug-likeness (QED) is 0.629. The highest BCUT2D eigenvalue weighted by Crippen LogP contribution is 2.32. The van der Waals surface area contributed by atoms with Crippen molar-refractivity contribution in [2.75, 3.05) is 13.1 Å². The molecule has 0 spiro atoms. The van der Waals surface area contributed by atoms with Gasteiger partial charge in [-0.3, -0.25) is 10.1 Å². The molecule has 1 aromatic rings. The minimum atomic E-state index is -3.73. The monoisotopic (exact) mass is 332 g/mol. The zero-order chi connectivity index (χ0) is 15.8. The molecule has 0 aromatic heterocycles. The van der Waals surface area contributed by atoms with E-state index in [0.29, 0.717) is 18.7 Å². The molecule has 21 heavy (non-hydrogen) atoms. The Kier molecular flexibility index (Phi) is 4.55. The lowest BCUT2D eigenvalue weighted by Gasteiger charge is -2.30. The van der Waals surface area contributed by atoms with Crippen LogP contribution in [0.4, 0.5) is 5.69 Å². The van der Waals surface area contributed by atoms with Gasteiger partial charge in [0.05, 0.1) is 9.82 Å². The molecule has 0 bridgehead atoms. The van der Waals surface area contributed by atoms with E-state index in [1.54, 1.807) is 6.92 Å². The van der Waals surface area contributed by atoms with Gasteiger partial charge >= 0.3 is 0 Å². The molecule has 0 amide bonds. The van der Waals surface area contributed by atoms with Gasteiger partial charge in [-0.2, -0.15) is 4.31 Å². The lowest BCUT2D eigenvalue weighted by Crippen LogP contribution is -2.39. The molecule has 1 aliphatic rings. The fourth-order valence-electron chi connectivity index (χ4n) is 2.56. The van der Waals surface area contributed by atoms with Gasteiger partial charge in [-0.25, -0.2) is 8.42 Å². The van der Waals surface area contributed by atoms with E-state index >= 15 is 0 Å². The van der Waals surface area contributed by atoms with E-state index in [1.807, 2.05) is 6.92 Å². The summed E-state index contributed by atoms with van der Waals surface area (Å²) in [6.07, 6.45) is 1.79. The molecule has 6 nitrogen and oxygen atoms in total. The summed E-state index contributed by atoms with van der Waals surface area (Å²) in [5, 5.41) is 10.9. The molecule has 1 saturated heterocycles. The van der Waals surface area contributed by atoms with Crippen molar-refractivity contribution in [3.05, 3.63) is 32.8 Å². The molecule has 1 aliphatic heterocycles. The summed E-state index contributed by atoms with van der Waals surface area (Å²) in [4.78, 5) is 10.3. The summed E-state index contributed by atoms with van der Waals surface area (Å²) in [6, 6.07) is 2.40. The predicted octanol–water partition coefficient (Wildman–Crippen LogP) is 2.98. The van der Waals surface area contributed by atoms with Crippen LogP contribution in [-0.4, -0.2) is 30.7 Å². The van der Waals surface area contributed by atoms with Crippen LogP contribution in [0, 0.1) is 23.0 Å². The Balaban J connectivity index is 2.49. The Morgan fingerprint density at radius 2 is 2.10 bits per heavy atom. The summed E-state index contributed by atoms with van der Waals surface area (Å²) < 4.78 is 26.8. The predicted molar refractivity (Wildman–Crippen MR) is 80.0 cm³/mol. The highest BCUT2D eigenvalue weighted by atomic mass is 35.5. The third-order valence-electron chi connectivity index (χ3n) is 3.68. The van der Waals surface area contributed by atoms with Crippen molar-refractivity contribution in [1.29, 1.82) is 0 Å². The number of sulfonamides is 1. The lowest BCUT2D eigenvalue weighted by molar-refractivity contribution is -0.384. The second kappa shape index (κ2) is 5.90. The number of hydrogen-bond acceptors (Lipinski definition) is 4. The van der Waals surface area contributed by atoms with Gasteiger partial charge in [-0.05, 0) is 37.3 Å². The van der Waals surface area contributed by atoms with Gasteiger partial charge in [0.1, 0.15) is 5.02 Å². The first-order valence-electron chi connectivity index (χ1n) is 6.68. The highest BCUT2D eigenvalue weighted by molar-refractivity contribution is 7.89. The molecule has 0 radical (unpaired) electrons. The number of hydrogen-bond donors (Lipinski definition) is 0. The van der Waals surface area contributed by atoms with Crippen LogP contribution in [0.2, 0.25) is 5.02 Å². The number of rotatable bonds is 3. The van der Waals surface area contributed by atoms with Gasteiger partial charge in [0.15, 0.2) is 0 Å². The molecule has 8 heteroatoms. The number of nitro groups is 1. The normalized spacial score (nSPS) is 20.4. The van der Waals surface area contributed by atoms with Crippen LogP contribution < -0.4 is 0 Å². The molecule has 1 unspecified atom stereocenters. The summed E-state index contributed by atoms with van der Waals surface area (Å²) in [5.41, 5.74) is 0.0368. The molecular formula is C13H17ClN2O4S. The van der Waals surface area contributed by atoms with Crippen LogP contribution in [0.25, 0.3) is 0 Å². The van der Waals surface area contributed by atoms with Crippen LogP contribution in [0.3, 0.4) is 0 Å². The topological polar surface area (TPSA) is 80.5 Å². The van der Waals surface area contributed by atoms with Gasteiger partial charge in [0.2, 0.25) is 10.0 Å². The Morgan fingerprint density at radius 1 is 1.43 bits per heavy atom. The van der Waals surface area contributed by atoms with Gasteiger partial charge in [0.25, 0.3) is 5.69 Å². The molecule has 2 rings (SSSR count). The van der Waals surface area contributed by atoms with Gasteiger partial charge < -0.3 is 0 Å². The minimum Gasteiger partial charge on any atom is -0.258 e. The SMILES string of the molecule is Cc1cc(Cl)c([N+](=O)[O-])cc1S(=O)(=O)N1CCCC(C)C1. The first-order valence-corrected chi connectivity index (χ1v) is 8.50. The minimum absolute atomic E-state index is 0.0345. The number of nitro benzene ring substituents is 1. The molecule has 0 aliphatic carbocycles. The molecule has 1 fully saturated rings. The Morgan fingerprint density at radius 3 is 2.67 bits per heavy atom. The second-order valence-electron chi connectivity index (χ2n) is 5.44. The van der Waals surface area contributed by atoms with Crippen molar-refractivity contribution in [2.24, 2.45) is 5.92 Å². The third kappa shape index (κ3) is 3.20. The first kappa shape index (κ1) is 16.2. The maximum Gasteiger partial charge on any atom is 0.289 e. The first-order chi connectivity index (χ1) is 9.73.